The van der Waals surface area contributed by atoms with Crippen molar-refractivity contribution in [1.29, 1.82) is 0 Å². The maximum atomic E-state index is 12.7. The van der Waals surface area contributed by atoms with Gasteiger partial charge in [0.25, 0.3) is 5.91 Å². The van der Waals surface area contributed by atoms with Crippen molar-refractivity contribution in [2.75, 3.05) is 0 Å². The van der Waals surface area contributed by atoms with Crippen molar-refractivity contribution in [2.45, 2.75) is 46.1 Å². The maximum absolute atomic E-state index is 12.7. The molecule has 25 heavy (non-hydrogen) atoms. The summed E-state index contributed by atoms with van der Waals surface area (Å²) in [6, 6.07) is 6.92. The van der Waals surface area contributed by atoms with Crippen LogP contribution in [0, 0.1) is 5.92 Å². The van der Waals surface area contributed by atoms with Crippen molar-refractivity contribution in [3.05, 3.63) is 40.3 Å². The van der Waals surface area contributed by atoms with E-state index in [1.807, 2.05) is 31.2 Å². The molecule has 1 aliphatic heterocycles. The molecule has 2 atom stereocenters. The van der Waals surface area contributed by atoms with Gasteiger partial charge in [-0.2, -0.15) is 0 Å². The number of carboxylic acids is 1. The zero-order valence-corrected chi connectivity index (χ0v) is 16.4. The number of thiocarbonyl (C=S) groups is 1. The van der Waals surface area contributed by atoms with Crippen LogP contribution in [-0.4, -0.2) is 27.1 Å². The van der Waals surface area contributed by atoms with Gasteiger partial charge in [-0.1, -0.05) is 82.4 Å². The van der Waals surface area contributed by atoms with E-state index in [9.17, 15) is 14.7 Å². The third-order valence-corrected chi connectivity index (χ3v) is 5.76. The highest BCUT2D eigenvalue weighted by Crippen LogP contribution is 2.35. The molecule has 0 bridgehead atoms. The minimum absolute atomic E-state index is 0.239. The molecule has 1 fully saturated rings. The predicted molar refractivity (Wildman–Crippen MR) is 104 cm³/mol. The van der Waals surface area contributed by atoms with Crippen LogP contribution in [0.2, 0.25) is 0 Å². The van der Waals surface area contributed by atoms with Gasteiger partial charge in [0, 0.05) is 0 Å². The number of aliphatic carboxylic acids is 1. The van der Waals surface area contributed by atoms with Gasteiger partial charge in [-0.25, -0.2) is 0 Å². The summed E-state index contributed by atoms with van der Waals surface area (Å²) in [6.07, 6.45) is 2.37. The predicted octanol–water partition coefficient (Wildman–Crippen LogP) is 3.18. The second kappa shape index (κ2) is 8.15. The van der Waals surface area contributed by atoms with Gasteiger partial charge in [0.1, 0.15) is 4.32 Å². The molecule has 1 aromatic carbocycles. The summed E-state index contributed by atoms with van der Waals surface area (Å²) >= 11 is 6.40. The number of hydrogen-bond acceptors (Lipinski definition) is 5. The lowest BCUT2D eigenvalue weighted by atomic mass is 9.98. The molecule has 0 N–H and O–H groups in total. The molecule has 0 aliphatic carbocycles. The summed E-state index contributed by atoms with van der Waals surface area (Å²) in [4.78, 5) is 25.9. The van der Waals surface area contributed by atoms with Crippen LogP contribution in [0.25, 0.3) is 6.08 Å². The zero-order chi connectivity index (χ0) is 18.7. The number of nitrogens with zero attached hydrogens (tertiary/aromatic N) is 1. The van der Waals surface area contributed by atoms with Crippen LogP contribution in [0.1, 0.15) is 51.2 Å². The van der Waals surface area contributed by atoms with Gasteiger partial charge in [-0.05, 0) is 29.0 Å². The largest absolute Gasteiger partial charge is 0.548 e. The Morgan fingerprint density at radius 2 is 1.88 bits per heavy atom. The molecule has 6 heteroatoms. The Balaban J connectivity index is 2.29. The van der Waals surface area contributed by atoms with Gasteiger partial charge in [0.2, 0.25) is 0 Å². The third-order valence-electron chi connectivity index (χ3n) is 4.43. The summed E-state index contributed by atoms with van der Waals surface area (Å²) in [5, 5.41) is 11.6. The van der Waals surface area contributed by atoms with E-state index in [1.54, 1.807) is 13.0 Å². The molecule has 2 rings (SSSR count). The van der Waals surface area contributed by atoms with Gasteiger partial charge < -0.3 is 9.90 Å². The van der Waals surface area contributed by atoms with Crippen LogP contribution in [0.15, 0.2) is 29.2 Å². The summed E-state index contributed by atoms with van der Waals surface area (Å²) in [5.41, 5.74) is 2.11. The first-order chi connectivity index (χ1) is 11.8. The van der Waals surface area contributed by atoms with Gasteiger partial charge in [-0.15, -0.1) is 0 Å². The Labute approximate surface area is 158 Å². The van der Waals surface area contributed by atoms with Crippen LogP contribution >= 0.6 is 24.0 Å². The number of rotatable bonds is 6. The molecule has 1 aromatic rings. The van der Waals surface area contributed by atoms with E-state index < -0.39 is 12.0 Å². The second-order valence-electron chi connectivity index (χ2n) is 6.52. The molecule has 0 saturated carbocycles. The van der Waals surface area contributed by atoms with Crippen LogP contribution < -0.4 is 5.11 Å². The van der Waals surface area contributed by atoms with Gasteiger partial charge in [-0.3, -0.25) is 9.69 Å². The molecule has 0 unspecified atom stereocenters. The number of carboxylic acid groups (broad SMARTS) is 1. The molecule has 0 aromatic heterocycles. The van der Waals surface area contributed by atoms with Crippen LogP contribution in [0.3, 0.4) is 0 Å². The Bertz CT molecular complexity index is 710. The monoisotopic (exact) mass is 376 g/mol. The fourth-order valence-electron chi connectivity index (χ4n) is 2.66. The first kappa shape index (κ1) is 19.7. The van der Waals surface area contributed by atoms with Gasteiger partial charge in [0.15, 0.2) is 0 Å². The highest BCUT2D eigenvalue weighted by molar-refractivity contribution is 8.26. The Hall–Kier alpha value is -1.66. The number of amides is 1. The van der Waals surface area contributed by atoms with E-state index in [2.05, 4.69) is 13.8 Å². The van der Waals surface area contributed by atoms with E-state index >= 15 is 0 Å². The zero-order valence-electron chi connectivity index (χ0n) is 14.8. The number of hydrogen-bond donors (Lipinski definition) is 0. The van der Waals surface area contributed by atoms with Crippen LogP contribution in [0.5, 0.6) is 0 Å². The first-order valence-electron chi connectivity index (χ1n) is 8.34. The van der Waals surface area contributed by atoms with Crippen LogP contribution in [0.4, 0.5) is 0 Å². The fourth-order valence-corrected chi connectivity index (χ4v) is 3.99. The molecule has 1 aliphatic rings. The minimum atomic E-state index is -1.27. The third kappa shape index (κ3) is 4.30. The highest BCUT2D eigenvalue weighted by atomic mass is 32.2. The fraction of sp³-hybridized carbons (Fsp3) is 0.421. The average Bonchev–Trinajstić information content (AvgIpc) is 2.82. The smallest absolute Gasteiger partial charge is 0.266 e. The minimum Gasteiger partial charge on any atom is -0.548 e. The van der Waals surface area contributed by atoms with E-state index in [0.29, 0.717) is 17.2 Å². The maximum Gasteiger partial charge on any atom is 0.266 e. The Kier molecular flexibility index (Phi) is 6.41. The lowest BCUT2D eigenvalue weighted by Crippen LogP contribution is -2.53. The molecular weight excluding hydrogens is 354 g/mol. The molecule has 1 saturated heterocycles. The van der Waals surface area contributed by atoms with Crippen LogP contribution in [-0.2, 0) is 9.59 Å². The topological polar surface area (TPSA) is 60.4 Å². The van der Waals surface area contributed by atoms with Gasteiger partial charge >= 0.3 is 0 Å². The molecule has 134 valence electrons. The molecule has 1 amide bonds. The van der Waals surface area contributed by atoms with Crippen molar-refractivity contribution in [1.82, 2.24) is 4.90 Å². The Morgan fingerprint density at radius 1 is 1.28 bits per heavy atom. The number of benzene rings is 1. The molecule has 0 radical (unpaired) electrons. The van der Waals surface area contributed by atoms with Crippen molar-refractivity contribution in [3.8, 4) is 0 Å². The molecule has 0 spiro atoms. The quantitative estimate of drug-likeness (QED) is 0.564. The average molecular weight is 377 g/mol. The Morgan fingerprint density at radius 3 is 2.36 bits per heavy atom. The summed E-state index contributed by atoms with van der Waals surface area (Å²) in [5.74, 6) is -1.44. The van der Waals surface area contributed by atoms with E-state index in [1.165, 1.54) is 10.5 Å². The lowest BCUT2D eigenvalue weighted by molar-refractivity contribution is -0.311. The molecule has 4 nitrogen and oxygen atoms in total. The van der Waals surface area contributed by atoms with E-state index in [-0.39, 0.29) is 16.1 Å². The summed E-state index contributed by atoms with van der Waals surface area (Å²) in [6.45, 7) is 7.90. The van der Waals surface area contributed by atoms with Crippen molar-refractivity contribution >= 4 is 46.3 Å². The van der Waals surface area contributed by atoms with Crippen molar-refractivity contribution in [3.63, 3.8) is 0 Å². The van der Waals surface area contributed by atoms with E-state index in [0.717, 1.165) is 17.3 Å². The molecular formula is C19H22NO3S2-. The number of thioether (sulfide) groups is 1. The first-order valence-corrected chi connectivity index (χ1v) is 9.56. The standard InChI is InChI=1S/C19H23NO3S2/c1-5-12(4)16(18(22)23)20-17(21)15(25-19(20)24)10-13-6-8-14(9-7-13)11(2)3/h6-12,16H,5H2,1-4H3,(H,22,23)/p-1/b15-10-/t12-,16-/m1/s1. The number of carbonyl (C=O) groups is 2. The summed E-state index contributed by atoms with van der Waals surface area (Å²) in [7, 11) is 0. The number of carbonyl (C=O) groups excluding carboxylic acids is 2. The normalized spacial score (nSPS) is 18.9. The van der Waals surface area contributed by atoms with Gasteiger partial charge in [0.05, 0.1) is 16.9 Å². The highest BCUT2D eigenvalue weighted by Gasteiger charge is 2.39. The van der Waals surface area contributed by atoms with Crippen molar-refractivity contribution < 1.29 is 14.7 Å². The SMILES string of the molecule is CC[C@@H](C)[C@H](C(=O)[O-])N1C(=O)/C(=C/c2ccc(C(C)C)cc2)SC1=S. The lowest BCUT2D eigenvalue weighted by Gasteiger charge is -2.32. The van der Waals surface area contributed by atoms with E-state index in [4.69, 9.17) is 12.2 Å². The summed E-state index contributed by atoms with van der Waals surface area (Å²) < 4.78 is 0.268. The van der Waals surface area contributed by atoms with Crippen molar-refractivity contribution in [2.24, 2.45) is 5.92 Å². The molecule has 1 heterocycles. The second-order valence-corrected chi connectivity index (χ2v) is 8.20.